The Morgan fingerprint density at radius 2 is 1.95 bits per heavy atom. The molecule has 102 valence electrons. The molecule has 0 fully saturated rings. The molecule has 2 aromatic rings. The summed E-state index contributed by atoms with van der Waals surface area (Å²) < 4.78 is 50.5. The van der Waals surface area contributed by atoms with Gasteiger partial charge in [0, 0.05) is 11.6 Å². The Bertz CT molecular complexity index is 615. The molecule has 8 heteroatoms. The van der Waals surface area contributed by atoms with Gasteiger partial charge in [-0.2, -0.15) is 0 Å². The molecule has 0 aliphatic rings. The molecule has 0 saturated carbocycles. The molecular weight excluding hydrogens is 294 g/mol. The van der Waals surface area contributed by atoms with E-state index in [0.717, 1.165) is 11.3 Å². The fourth-order valence-electron chi connectivity index (χ4n) is 1.46. The third-order valence-electron chi connectivity index (χ3n) is 2.27. The topological polar surface area (TPSA) is 50.3 Å². The second kappa shape index (κ2) is 5.62. The first kappa shape index (κ1) is 13.9. The Hall–Kier alpha value is -1.54. The van der Waals surface area contributed by atoms with E-state index in [1.54, 1.807) is 6.07 Å². The molecule has 0 radical (unpaired) electrons. The van der Waals surface area contributed by atoms with Crippen LogP contribution in [0, 0.1) is 0 Å². The van der Waals surface area contributed by atoms with Gasteiger partial charge in [-0.05, 0) is 12.1 Å². The number of alkyl halides is 2. The van der Waals surface area contributed by atoms with Gasteiger partial charge < -0.3 is 0 Å². The Morgan fingerprint density at radius 3 is 2.47 bits per heavy atom. The number of anilines is 1. The summed E-state index contributed by atoms with van der Waals surface area (Å²) in [6, 6.07) is 7.45. The molecule has 19 heavy (non-hydrogen) atoms. The fraction of sp³-hybridized carbons (Fsp3) is 0.182. The number of thiazole rings is 1. The molecular formula is C11H10F2N2O2S2. The van der Waals surface area contributed by atoms with E-state index in [-0.39, 0.29) is 10.0 Å². The average molecular weight is 304 g/mol. The smallest absolute Gasteiger partial charge is 0.235 e. The molecule has 1 aromatic heterocycles. The fourth-order valence-corrected chi connectivity index (χ4v) is 3.76. The summed E-state index contributed by atoms with van der Waals surface area (Å²) in [6.45, 7) is -0.912. The van der Waals surface area contributed by atoms with Crippen LogP contribution in [0.3, 0.4) is 0 Å². The van der Waals surface area contributed by atoms with E-state index in [9.17, 15) is 17.2 Å². The number of sulfonamides is 1. The zero-order valence-electron chi connectivity index (χ0n) is 9.61. The highest BCUT2D eigenvalue weighted by Gasteiger charge is 2.29. The molecule has 1 aromatic carbocycles. The predicted octanol–water partition coefficient (Wildman–Crippen LogP) is 2.60. The molecule has 0 bridgehead atoms. The first-order valence-electron chi connectivity index (χ1n) is 5.27. The van der Waals surface area contributed by atoms with Gasteiger partial charge in [-0.3, -0.25) is 0 Å². The van der Waals surface area contributed by atoms with Crippen molar-refractivity contribution in [3.05, 3.63) is 41.9 Å². The summed E-state index contributed by atoms with van der Waals surface area (Å²) in [5.41, 5.74) is 0. The number of benzene rings is 1. The maximum absolute atomic E-state index is 12.6. The van der Waals surface area contributed by atoms with Crippen molar-refractivity contribution in [1.82, 2.24) is 4.98 Å². The van der Waals surface area contributed by atoms with Crippen LogP contribution in [0.15, 0.2) is 46.8 Å². The van der Waals surface area contributed by atoms with E-state index in [1.165, 1.54) is 35.8 Å². The largest absolute Gasteiger partial charge is 0.266 e. The number of halogens is 2. The number of aromatic nitrogens is 1. The third-order valence-corrected chi connectivity index (χ3v) is 4.95. The van der Waals surface area contributed by atoms with E-state index in [2.05, 4.69) is 4.98 Å². The van der Waals surface area contributed by atoms with Crippen LogP contribution in [0.1, 0.15) is 0 Å². The zero-order chi connectivity index (χ0) is 13.9. The maximum Gasteiger partial charge on any atom is 0.266 e. The van der Waals surface area contributed by atoms with Crippen LogP contribution in [0.4, 0.5) is 13.9 Å². The van der Waals surface area contributed by atoms with Crippen molar-refractivity contribution in [2.24, 2.45) is 0 Å². The average Bonchev–Trinajstić information content (AvgIpc) is 2.90. The molecule has 0 N–H and O–H groups in total. The highest BCUT2D eigenvalue weighted by molar-refractivity contribution is 7.93. The normalized spacial score (nSPS) is 11.7. The molecule has 0 saturated heterocycles. The Balaban J connectivity index is 2.44. The summed E-state index contributed by atoms with van der Waals surface area (Å²) >= 11 is 0.997. The van der Waals surface area contributed by atoms with Gasteiger partial charge in [-0.1, -0.05) is 18.2 Å². The minimum atomic E-state index is -4.02. The highest BCUT2D eigenvalue weighted by atomic mass is 32.2. The maximum atomic E-state index is 12.6. The Kier molecular flexibility index (Phi) is 4.11. The van der Waals surface area contributed by atoms with Crippen LogP contribution in [0.5, 0.6) is 0 Å². The van der Waals surface area contributed by atoms with Crippen molar-refractivity contribution in [3.63, 3.8) is 0 Å². The van der Waals surface area contributed by atoms with Gasteiger partial charge in [0.25, 0.3) is 16.4 Å². The summed E-state index contributed by atoms with van der Waals surface area (Å²) in [5.74, 6) is 0. The number of hydrogen-bond donors (Lipinski definition) is 0. The lowest BCUT2D eigenvalue weighted by molar-refractivity contribution is 0.159. The number of rotatable bonds is 5. The van der Waals surface area contributed by atoms with Gasteiger partial charge >= 0.3 is 0 Å². The monoisotopic (exact) mass is 304 g/mol. The van der Waals surface area contributed by atoms with E-state index in [1.807, 2.05) is 0 Å². The highest BCUT2D eigenvalue weighted by Crippen LogP contribution is 2.26. The lowest BCUT2D eigenvalue weighted by atomic mass is 10.4. The van der Waals surface area contributed by atoms with Crippen molar-refractivity contribution in [1.29, 1.82) is 0 Å². The number of nitrogens with zero attached hydrogens (tertiary/aromatic N) is 2. The standard InChI is InChI=1S/C11H10F2N2O2S2/c12-10(13)8-15(11-14-6-7-18-11)19(16,17)9-4-2-1-3-5-9/h1-7,10H,8H2. The molecule has 0 atom stereocenters. The van der Waals surface area contributed by atoms with Gasteiger partial charge in [-0.25, -0.2) is 26.5 Å². The van der Waals surface area contributed by atoms with Gasteiger partial charge in [0.05, 0.1) is 11.4 Å². The second-order valence-corrected chi connectivity index (χ2v) is 6.29. The molecule has 0 aliphatic heterocycles. The molecule has 0 aliphatic carbocycles. The van der Waals surface area contributed by atoms with E-state index in [4.69, 9.17) is 0 Å². The minimum Gasteiger partial charge on any atom is -0.235 e. The van der Waals surface area contributed by atoms with Crippen molar-refractivity contribution < 1.29 is 17.2 Å². The van der Waals surface area contributed by atoms with Gasteiger partial charge in [-0.15, -0.1) is 11.3 Å². The van der Waals surface area contributed by atoms with Gasteiger partial charge in [0.1, 0.15) is 0 Å². The lowest BCUT2D eigenvalue weighted by Crippen LogP contribution is -2.35. The van der Waals surface area contributed by atoms with E-state index >= 15 is 0 Å². The van der Waals surface area contributed by atoms with Crippen LogP contribution in [-0.2, 0) is 10.0 Å². The van der Waals surface area contributed by atoms with E-state index in [0.29, 0.717) is 4.31 Å². The second-order valence-electron chi connectivity index (χ2n) is 3.55. The first-order valence-corrected chi connectivity index (χ1v) is 7.59. The first-order chi connectivity index (χ1) is 9.01. The summed E-state index contributed by atoms with van der Waals surface area (Å²) in [7, 11) is -4.02. The molecule has 0 unspecified atom stereocenters. The van der Waals surface area contributed by atoms with Gasteiger partial charge in [0.2, 0.25) is 0 Å². The lowest BCUT2D eigenvalue weighted by Gasteiger charge is -2.21. The SMILES string of the molecule is O=S(=O)(c1ccccc1)N(CC(F)F)c1nccs1. The number of hydrogen-bond acceptors (Lipinski definition) is 4. The van der Waals surface area contributed by atoms with Crippen LogP contribution in [-0.4, -0.2) is 26.4 Å². The molecule has 2 rings (SSSR count). The summed E-state index contributed by atoms with van der Waals surface area (Å²) in [5, 5.41) is 1.57. The summed E-state index contributed by atoms with van der Waals surface area (Å²) in [6.07, 6.45) is -1.40. The third kappa shape index (κ3) is 3.07. The zero-order valence-corrected chi connectivity index (χ0v) is 11.2. The molecule has 0 spiro atoms. The molecule has 4 nitrogen and oxygen atoms in total. The molecule has 1 heterocycles. The van der Waals surface area contributed by atoms with Crippen molar-refractivity contribution >= 4 is 26.5 Å². The quantitative estimate of drug-likeness (QED) is 0.853. The van der Waals surface area contributed by atoms with Crippen LogP contribution in [0.25, 0.3) is 0 Å². The van der Waals surface area contributed by atoms with Gasteiger partial charge in [0.15, 0.2) is 5.13 Å². The van der Waals surface area contributed by atoms with Crippen molar-refractivity contribution in [3.8, 4) is 0 Å². The van der Waals surface area contributed by atoms with Crippen LogP contribution < -0.4 is 4.31 Å². The molecule has 0 amide bonds. The predicted molar refractivity (Wildman–Crippen MR) is 69.1 cm³/mol. The van der Waals surface area contributed by atoms with Crippen LogP contribution in [0.2, 0.25) is 0 Å². The minimum absolute atomic E-state index is 0.0316. The van der Waals surface area contributed by atoms with E-state index < -0.39 is 23.0 Å². The Labute approximate surface area is 113 Å². The van der Waals surface area contributed by atoms with Crippen LogP contribution >= 0.6 is 11.3 Å². The summed E-state index contributed by atoms with van der Waals surface area (Å²) in [4.78, 5) is 3.76. The van der Waals surface area contributed by atoms with Crippen molar-refractivity contribution in [2.45, 2.75) is 11.3 Å². The Morgan fingerprint density at radius 1 is 1.26 bits per heavy atom. The van der Waals surface area contributed by atoms with Crippen molar-refractivity contribution in [2.75, 3.05) is 10.8 Å².